The van der Waals surface area contributed by atoms with Gasteiger partial charge in [-0.25, -0.2) is 0 Å². The van der Waals surface area contributed by atoms with Crippen molar-refractivity contribution < 1.29 is 4.79 Å². The molecule has 0 aliphatic heterocycles. The van der Waals surface area contributed by atoms with Crippen molar-refractivity contribution >= 4 is 16.7 Å². The lowest BCUT2D eigenvalue weighted by molar-refractivity contribution is 0.0952. The largest absolute Gasteiger partial charge is 0.346 e. The minimum absolute atomic E-state index is 0.135. The Morgan fingerprint density at radius 3 is 2.62 bits per heavy atom. The van der Waals surface area contributed by atoms with E-state index < -0.39 is 0 Å². The predicted molar refractivity (Wildman–Crippen MR) is 100 cm³/mol. The summed E-state index contributed by atoms with van der Waals surface area (Å²) in [5.74, 6) is -0.135. The van der Waals surface area contributed by atoms with Gasteiger partial charge in [0.05, 0.1) is 17.9 Å². The number of amides is 1. The van der Waals surface area contributed by atoms with Crippen LogP contribution < -0.4 is 5.32 Å². The van der Waals surface area contributed by atoms with Crippen LogP contribution in [-0.4, -0.2) is 20.9 Å². The molecule has 2 aromatic heterocycles. The van der Waals surface area contributed by atoms with E-state index in [0.29, 0.717) is 17.8 Å². The van der Waals surface area contributed by atoms with E-state index in [-0.39, 0.29) is 5.91 Å². The van der Waals surface area contributed by atoms with Gasteiger partial charge in [-0.3, -0.25) is 19.7 Å². The van der Waals surface area contributed by atoms with Crippen LogP contribution in [0, 0.1) is 0 Å². The Labute approximate surface area is 150 Å². The van der Waals surface area contributed by atoms with E-state index in [4.69, 9.17) is 0 Å². The molecule has 5 heteroatoms. The standard InChI is InChI=1S/C21H16N4O/c26-21(18-9-3-6-15-5-1-2-8-17(15)18)25-14-19-20(24-12-11-23-19)16-7-4-10-22-13-16/h1-13H,14H2,(H,25,26). The maximum atomic E-state index is 12.7. The van der Waals surface area contributed by atoms with Gasteiger partial charge in [-0.1, -0.05) is 36.4 Å². The fourth-order valence-corrected chi connectivity index (χ4v) is 2.92. The molecular weight excluding hydrogens is 324 g/mol. The van der Waals surface area contributed by atoms with Crippen molar-refractivity contribution in [3.05, 3.63) is 90.6 Å². The first-order valence-electron chi connectivity index (χ1n) is 8.29. The minimum Gasteiger partial charge on any atom is -0.346 e. The second-order valence-corrected chi connectivity index (χ2v) is 5.80. The Morgan fingerprint density at radius 1 is 0.885 bits per heavy atom. The average molecular weight is 340 g/mol. The number of benzene rings is 2. The first kappa shape index (κ1) is 15.9. The molecule has 0 fully saturated rings. The molecule has 126 valence electrons. The number of nitrogens with zero attached hydrogens (tertiary/aromatic N) is 3. The van der Waals surface area contributed by atoms with Gasteiger partial charge in [-0.05, 0) is 29.0 Å². The molecule has 2 aromatic carbocycles. The summed E-state index contributed by atoms with van der Waals surface area (Å²) in [5, 5.41) is 4.92. The summed E-state index contributed by atoms with van der Waals surface area (Å²) in [5.41, 5.74) is 2.94. The lowest BCUT2D eigenvalue weighted by Gasteiger charge is -2.10. The molecule has 5 nitrogen and oxygen atoms in total. The van der Waals surface area contributed by atoms with Crippen molar-refractivity contribution in [3.63, 3.8) is 0 Å². The zero-order chi connectivity index (χ0) is 17.8. The summed E-state index contributed by atoms with van der Waals surface area (Å²) in [6.07, 6.45) is 6.71. The number of fused-ring (bicyclic) bond motifs is 1. The van der Waals surface area contributed by atoms with Crippen LogP contribution in [0.15, 0.2) is 79.4 Å². The molecule has 2 heterocycles. The van der Waals surface area contributed by atoms with Crippen LogP contribution in [0.3, 0.4) is 0 Å². The predicted octanol–water partition coefficient (Wildman–Crippen LogP) is 3.62. The second-order valence-electron chi connectivity index (χ2n) is 5.80. The number of rotatable bonds is 4. The molecule has 0 bridgehead atoms. The maximum absolute atomic E-state index is 12.7. The van der Waals surface area contributed by atoms with E-state index in [0.717, 1.165) is 22.0 Å². The van der Waals surface area contributed by atoms with Gasteiger partial charge in [0, 0.05) is 35.9 Å². The summed E-state index contributed by atoms with van der Waals surface area (Å²) in [4.78, 5) is 25.6. The number of hydrogen-bond acceptors (Lipinski definition) is 4. The van der Waals surface area contributed by atoms with Crippen molar-refractivity contribution in [2.24, 2.45) is 0 Å². The molecule has 0 radical (unpaired) electrons. The van der Waals surface area contributed by atoms with Crippen LogP contribution in [0.2, 0.25) is 0 Å². The zero-order valence-electron chi connectivity index (χ0n) is 14.0. The van der Waals surface area contributed by atoms with E-state index in [1.807, 2.05) is 54.6 Å². The Morgan fingerprint density at radius 2 is 1.73 bits per heavy atom. The third-order valence-electron chi connectivity index (χ3n) is 4.16. The van der Waals surface area contributed by atoms with Crippen molar-refractivity contribution in [3.8, 4) is 11.3 Å². The highest BCUT2D eigenvalue weighted by Crippen LogP contribution is 2.20. The number of nitrogens with one attached hydrogen (secondary N) is 1. The van der Waals surface area contributed by atoms with Crippen molar-refractivity contribution in [2.45, 2.75) is 6.54 Å². The minimum atomic E-state index is -0.135. The van der Waals surface area contributed by atoms with Crippen molar-refractivity contribution in [2.75, 3.05) is 0 Å². The number of carbonyl (C=O) groups excluding carboxylic acids is 1. The van der Waals surface area contributed by atoms with Crippen LogP contribution in [0.25, 0.3) is 22.0 Å². The van der Waals surface area contributed by atoms with Gasteiger partial charge in [0.1, 0.15) is 0 Å². The normalized spacial score (nSPS) is 10.6. The summed E-state index contributed by atoms with van der Waals surface area (Å²) < 4.78 is 0. The van der Waals surface area contributed by atoms with Crippen LogP contribution in [0.5, 0.6) is 0 Å². The van der Waals surface area contributed by atoms with E-state index in [1.54, 1.807) is 24.8 Å². The number of hydrogen-bond donors (Lipinski definition) is 1. The third-order valence-corrected chi connectivity index (χ3v) is 4.16. The molecule has 1 amide bonds. The zero-order valence-corrected chi connectivity index (χ0v) is 14.0. The summed E-state index contributed by atoms with van der Waals surface area (Å²) in [7, 11) is 0. The SMILES string of the molecule is O=C(NCc1nccnc1-c1cccnc1)c1cccc2ccccc12. The Balaban J connectivity index is 1.59. The van der Waals surface area contributed by atoms with Gasteiger partial charge < -0.3 is 5.32 Å². The van der Waals surface area contributed by atoms with Gasteiger partial charge in [-0.15, -0.1) is 0 Å². The monoisotopic (exact) mass is 340 g/mol. The number of aromatic nitrogens is 3. The Kier molecular flexibility index (Phi) is 4.35. The molecule has 0 aliphatic rings. The maximum Gasteiger partial charge on any atom is 0.252 e. The highest BCUT2D eigenvalue weighted by atomic mass is 16.1. The fraction of sp³-hybridized carbons (Fsp3) is 0.0476. The Bertz CT molecular complexity index is 1060. The number of carbonyl (C=O) groups is 1. The van der Waals surface area contributed by atoms with Crippen LogP contribution >= 0.6 is 0 Å². The molecule has 0 spiro atoms. The van der Waals surface area contributed by atoms with Gasteiger partial charge in [-0.2, -0.15) is 0 Å². The second kappa shape index (κ2) is 7.11. The summed E-state index contributed by atoms with van der Waals surface area (Å²) >= 11 is 0. The Hall–Kier alpha value is -3.60. The molecular formula is C21H16N4O. The van der Waals surface area contributed by atoms with E-state index in [9.17, 15) is 4.79 Å². The number of pyridine rings is 1. The summed E-state index contributed by atoms with van der Waals surface area (Å²) in [6, 6.07) is 17.3. The molecule has 0 atom stereocenters. The van der Waals surface area contributed by atoms with Crippen LogP contribution in [0.4, 0.5) is 0 Å². The average Bonchev–Trinajstić information content (AvgIpc) is 2.72. The highest BCUT2D eigenvalue weighted by molar-refractivity contribution is 6.06. The molecule has 0 aliphatic carbocycles. The highest BCUT2D eigenvalue weighted by Gasteiger charge is 2.12. The van der Waals surface area contributed by atoms with Gasteiger partial charge in [0.2, 0.25) is 0 Å². The molecule has 4 rings (SSSR count). The topological polar surface area (TPSA) is 67.8 Å². The van der Waals surface area contributed by atoms with E-state index in [2.05, 4.69) is 20.3 Å². The first-order chi connectivity index (χ1) is 12.8. The molecule has 0 saturated carbocycles. The van der Waals surface area contributed by atoms with Crippen molar-refractivity contribution in [1.82, 2.24) is 20.3 Å². The van der Waals surface area contributed by atoms with Crippen LogP contribution in [0.1, 0.15) is 16.1 Å². The third kappa shape index (κ3) is 3.15. The van der Waals surface area contributed by atoms with E-state index >= 15 is 0 Å². The van der Waals surface area contributed by atoms with Crippen molar-refractivity contribution in [1.29, 1.82) is 0 Å². The lowest BCUT2D eigenvalue weighted by atomic mass is 10.0. The lowest BCUT2D eigenvalue weighted by Crippen LogP contribution is -2.24. The van der Waals surface area contributed by atoms with Crippen LogP contribution in [-0.2, 0) is 6.54 Å². The van der Waals surface area contributed by atoms with Gasteiger partial charge in [0.15, 0.2) is 0 Å². The van der Waals surface area contributed by atoms with Gasteiger partial charge in [0.25, 0.3) is 5.91 Å². The fourth-order valence-electron chi connectivity index (χ4n) is 2.92. The first-order valence-corrected chi connectivity index (χ1v) is 8.29. The molecule has 4 aromatic rings. The van der Waals surface area contributed by atoms with E-state index in [1.165, 1.54) is 0 Å². The smallest absolute Gasteiger partial charge is 0.252 e. The molecule has 0 unspecified atom stereocenters. The molecule has 0 saturated heterocycles. The molecule has 1 N–H and O–H groups in total. The quantitative estimate of drug-likeness (QED) is 0.616. The van der Waals surface area contributed by atoms with Gasteiger partial charge >= 0.3 is 0 Å². The molecule has 26 heavy (non-hydrogen) atoms. The summed E-state index contributed by atoms with van der Waals surface area (Å²) in [6.45, 7) is 0.292.